The van der Waals surface area contributed by atoms with Crippen molar-refractivity contribution in [2.24, 2.45) is 11.3 Å². The van der Waals surface area contributed by atoms with Crippen LogP contribution in [0.3, 0.4) is 0 Å². The van der Waals surface area contributed by atoms with Gasteiger partial charge in [0.25, 0.3) is 0 Å². The minimum absolute atomic E-state index is 0.381. The average Bonchev–Trinajstić information content (AvgIpc) is 2.74. The van der Waals surface area contributed by atoms with E-state index in [0.29, 0.717) is 5.41 Å². The first-order valence-electron chi connectivity index (χ1n) is 8.59. The average molecular weight is 298 g/mol. The number of ether oxygens (including phenoxy) is 1. The smallest absolute Gasteiger partial charge is 0.0758 e. The highest BCUT2D eigenvalue weighted by atomic mass is 16.5. The van der Waals surface area contributed by atoms with Crippen molar-refractivity contribution in [3.63, 3.8) is 0 Å². The summed E-state index contributed by atoms with van der Waals surface area (Å²) in [4.78, 5) is 2.48. The highest BCUT2D eigenvalue weighted by Gasteiger charge is 2.40. The SMILES string of the molecule is COCCNCC1(CN2CCC(C)(O)C2)CCCC(C)C1. The van der Waals surface area contributed by atoms with Gasteiger partial charge in [0.1, 0.15) is 0 Å². The molecule has 1 aliphatic heterocycles. The van der Waals surface area contributed by atoms with E-state index in [0.717, 1.165) is 51.7 Å². The number of β-amino-alcohol motifs (C(OH)–C–C–N with tert-alkyl or cyclic N) is 1. The minimum Gasteiger partial charge on any atom is -0.389 e. The van der Waals surface area contributed by atoms with Crippen LogP contribution in [0, 0.1) is 11.3 Å². The maximum Gasteiger partial charge on any atom is 0.0758 e. The molecule has 0 amide bonds. The lowest BCUT2D eigenvalue weighted by Crippen LogP contribution is -2.47. The van der Waals surface area contributed by atoms with Crippen LogP contribution in [0.4, 0.5) is 0 Å². The molecule has 0 aromatic carbocycles. The van der Waals surface area contributed by atoms with Crippen LogP contribution in [0.25, 0.3) is 0 Å². The number of aliphatic hydroxyl groups is 1. The number of likely N-dealkylation sites (tertiary alicyclic amines) is 1. The summed E-state index contributed by atoms with van der Waals surface area (Å²) in [5.74, 6) is 0.825. The van der Waals surface area contributed by atoms with Gasteiger partial charge in [-0.3, -0.25) is 4.90 Å². The summed E-state index contributed by atoms with van der Waals surface area (Å²) in [7, 11) is 1.76. The van der Waals surface area contributed by atoms with Gasteiger partial charge in [-0.05, 0) is 37.5 Å². The van der Waals surface area contributed by atoms with Gasteiger partial charge < -0.3 is 15.2 Å². The summed E-state index contributed by atoms with van der Waals surface area (Å²) in [5, 5.41) is 13.8. The molecule has 1 heterocycles. The van der Waals surface area contributed by atoms with E-state index in [1.54, 1.807) is 7.11 Å². The van der Waals surface area contributed by atoms with Gasteiger partial charge in [0, 0.05) is 39.8 Å². The summed E-state index contributed by atoms with van der Waals surface area (Å²) in [6.07, 6.45) is 6.26. The first kappa shape index (κ1) is 17.2. The van der Waals surface area contributed by atoms with E-state index < -0.39 is 5.60 Å². The molecule has 0 aromatic rings. The Bertz CT molecular complexity index is 322. The van der Waals surface area contributed by atoms with Gasteiger partial charge in [-0.25, -0.2) is 0 Å². The molecule has 2 rings (SSSR count). The number of rotatable bonds is 7. The number of nitrogens with one attached hydrogen (secondary N) is 1. The van der Waals surface area contributed by atoms with Gasteiger partial charge in [0.05, 0.1) is 12.2 Å². The van der Waals surface area contributed by atoms with Crippen molar-refractivity contribution in [3.05, 3.63) is 0 Å². The molecule has 21 heavy (non-hydrogen) atoms. The summed E-state index contributed by atoms with van der Waals surface area (Å²) in [6, 6.07) is 0. The number of hydrogen-bond acceptors (Lipinski definition) is 4. The van der Waals surface area contributed by atoms with E-state index in [-0.39, 0.29) is 0 Å². The topological polar surface area (TPSA) is 44.7 Å². The van der Waals surface area contributed by atoms with Crippen LogP contribution >= 0.6 is 0 Å². The molecule has 2 N–H and O–H groups in total. The number of nitrogens with zero attached hydrogens (tertiary/aromatic N) is 1. The molecule has 1 aliphatic carbocycles. The zero-order valence-electron chi connectivity index (χ0n) is 14.2. The van der Waals surface area contributed by atoms with Crippen LogP contribution in [-0.4, -0.2) is 62.0 Å². The molecule has 0 radical (unpaired) electrons. The molecule has 0 spiro atoms. The first-order valence-corrected chi connectivity index (χ1v) is 8.59. The van der Waals surface area contributed by atoms with E-state index in [1.807, 2.05) is 6.92 Å². The summed E-state index contributed by atoms with van der Waals surface area (Å²) < 4.78 is 5.14. The zero-order valence-corrected chi connectivity index (χ0v) is 14.2. The second kappa shape index (κ2) is 7.40. The van der Waals surface area contributed by atoms with Crippen molar-refractivity contribution in [1.29, 1.82) is 0 Å². The van der Waals surface area contributed by atoms with Crippen LogP contribution in [0.2, 0.25) is 0 Å². The van der Waals surface area contributed by atoms with Gasteiger partial charge >= 0.3 is 0 Å². The van der Waals surface area contributed by atoms with Gasteiger partial charge in [0.15, 0.2) is 0 Å². The Balaban J connectivity index is 1.91. The normalized spacial score (nSPS) is 38.0. The number of methoxy groups -OCH3 is 1. The van der Waals surface area contributed by atoms with Crippen LogP contribution in [-0.2, 0) is 4.74 Å². The fourth-order valence-corrected chi connectivity index (χ4v) is 4.30. The van der Waals surface area contributed by atoms with Crippen LogP contribution in [0.15, 0.2) is 0 Å². The van der Waals surface area contributed by atoms with E-state index in [4.69, 9.17) is 4.74 Å². The Morgan fingerprint density at radius 3 is 2.81 bits per heavy atom. The first-order chi connectivity index (χ1) is 9.95. The Hall–Kier alpha value is -0.160. The second-order valence-electron chi connectivity index (χ2n) is 7.83. The van der Waals surface area contributed by atoms with E-state index in [1.165, 1.54) is 25.7 Å². The lowest BCUT2D eigenvalue weighted by molar-refractivity contribution is 0.0478. The second-order valence-corrected chi connectivity index (χ2v) is 7.83. The van der Waals surface area contributed by atoms with Crippen molar-refractivity contribution in [2.75, 3.05) is 46.4 Å². The molecule has 3 atom stereocenters. The predicted octanol–water partition coefficient (Wildman–Crippen LogP) is 1.88. The molecule has 3 unspecified atom stereocenters. The third-order valence-corrected chi connectivity index (χ3v) is 5.26. The lowest BCUT2D eigenvalue weighted by Gasteiger charge is -2.43. The van der Waals surface area contributed by atoms with Crippen molar-refractivity contribution in [3.8, 4) is 0 Å². The van der Waals surface area contributed by atoms with Crippen molar-refractivity contribution < 1.29 is 9.84 Å². The van der Waals surface area contributed by atoms with Crippen LogP contribution in [0.1, 0.15) is 46.0 Å². The molecule has 4 nitrogen and oxygen atoms in total. The van der Waals surface area contributed by atoms with E-state index >= 15 is 0 Å². The highest BCUT2D eigenvalue weighted by Crippen LogP contribution is 2.40. The third kappa shape index (κ3) is 5.20. The quantitative estimate of drug-likeness (QED) is 0.704. The fraction of sp³-hybridized carbons (Fsp3) is 1.00. The Morgan fingerprint density at radius 2 is 2.19 bits per heavy atom. The Morgan fingerprint density at radius 1 is 1.38 bits per heavy atom. The summed E-state index contributed by atoms with van der Waals surface area (Å²) >= 11 is 0. The van der Waals surface area contributed by atoms with E-state index in [9.17, 15) is 5.11 Å². The molecular formula is C17H34N2O2. The largest absolute Gasteiger partial charge is 0.389 e. The van der Waals surface area contributed by atoms with Crippen molar-refractivity contribution in [1.82, 2.24) is 10.2 Å². The fourth-order valence-electron chi connectivity index (χ4n) is 4.30. The standard InChI is InChI=1S/C17H34N2O2/c1-15-5-4-6-17(11-15,12-18-8-10-21-3)14-19-9-7-16(2,20)13-19/h15,18,20H,4-14H2,1-3H3. The Labute approximate surface area is 130 Å². The van der Waals surface area contributed by atoms with Gasteiger partial charge in [0.2, 0.25) is 0 Å². The lowest BCUT2D eigenvalue weighted by atomic mass is 9.69. The molecule has 0 aromatic heterocycles. The van der Waals surface area contributed by atoms with E-state index in [2.05, 4.69) is 17.1 Å². The van der Waals surface area contributed by atoms with Crippen LogP contribution in [0.5, 0.6) is 0 Å². The molecule has 0 bridgehead atoms. The molecule has 1 saturated heterocycles. The van der Waals surface area contributed by atoms with Gasteiger partial charge in [-0.15, -0.1) is 0 Å². The van der Waals surface area contributed by atoms with Gasteiger partial charge in [-0.1, -0.05) is 19.8 Å². The molecule has 124 valence electrons. The maximum absolute atomic E-state index is 10.2. The molecule has 1 saturated carbocycles. The molecule has 2 fully saturated rings. The van der Waals surface area contributed by atoms with Crippen LogP contribution < -0.4 is 5.32 Å². The number of hydrogen-bond donors (Lipinski definition) is 2. The summed E-state index contributed by atoms with van der Waals surface area (Å²) in [5.41, 5.74) is -0.100. The van der Waals surface area contributed by atoms with Crippen molar-refractivity contribution >= 4 is 0 Å². The monoisotopic (exact) mass is 298 g/mol. The predicted molar refractivity (Wildman–Crippen MR) is 86.5 cm³/mol. The minimum atomic E-state index is -0.481. The molecule has 4 heteroatoms. The Kier molecular flexibility index (Phi) is 6.06. The third-order valence-electron chi connectivity index (χ3n) is 5.26. The maximum atomic E-state index is 10.2. The molecular weight excluding hydrogens is 264 g/mol. The van der Waals surface area contributed by atoms with Crippen molar-refractivity contribution in [2.45, 2.75) is 51.6 Å². The summed E-state index contributed by atoms with van der Waals surface area (Å²) in [6.45, 7) is 10.2. The molecule has 2 aliphatic rings. The zero-order chi connectivity index (χ0) is 15.3. The van der Waals surface area contributed by atoms with Gasteiger partial charge in [-0.2, -0.15) is 0 Å². The highest BCUT2D eigenvalue weighted by molar-refractivity contribution is 4.94.